The van der Waals surface area contributed by atoms with Crippen molar-refractivity contribution >= 4 is 16.0 Å². The summed E-state index contributed by atoms with van der Waals surface area (Å²) in [7, 11) is -3.42. The molecule has 0 heterocycles. The predicted molar refractivity (Wildman–Crippen MR) is 74.4 cm³/mol. The fourth-order valence-corrected chi connectivity index (χ4v) is 4.14. The molecule has 1 rings (SSSR count). The van der Waals surface area contributed by atoms with Gasteiger partial charge in [0.2, 0.25) is 10.0 Å². The first-order chi connectivity index (χ1) is 8.46. The van der Waals surface area contributed by atoms with Crippen LogP contribution in [0.15, 0.2) is 0 Å². The number of carbonyl (C=O) groups is 1. The molecule has 2 atom stereocenters. The van der Waals surface area contributed by atoms with Gasteiger partial charge in [-0.15, -0.1) is 0 Å². The summed E-state index contributed by atoms with van der Waals surface area (Å²) in [6.07, 6.45) is 2.42. The average Bonchev–Trinajstić information content (AvgIpc) is 2.58. The van der Waals surface area contributed by atoms with Gasteiger partial charge < -0.3 is 5.11 Å². The highest BCUT2D eigenvalue weighted by Gasteiger charge is 2.46. The Balaban J connectivity index is 2.71. The van der Waals surface area contributed by atoms with E-state index in [0.29, 0.717) is 19.3 Å². The zero-order chi connectivity index (χ0) is 14.9. The monoisotopic (exact) mass is 291 g/mol. The summed E-state index contributed by atoms with van der Waals surface area (Å²) in [4.78, 5) is 11.3. The minimum absolute atomic E-state index is 0.0443. The van der Waals surface area contributed by atoms with E-state index in [9.17, 15) is 18.3 Å². The van der Waals surface area contributed by atoms with Gasteiger partial charge in [0.15, 0.2) is 0 Å². The Morgan fingerprint density at radius 1 is 1.42 bits per heavy atom. The van der Waals surface area contributed by atoms with Crippen molar-refractivity contribution in [1.29, 1.82) is 0 Å². The number of aliphatic carboxylic acids is 1. The Morgan fingerprint density at radius 3 is 2.47 bits per heavy atom. The molecule has 0 aromatic rings. The van der Waals surface area contributed by atoms with E-state index in [2.05, 4.69) is 4.72 Å². The van der Waals surface area contributed by atoms with E-state index in [0.717, 1.165) is 6.42 Å². The number of hydrogen-bond donors (Lipinski definition) is 2. The SMILES string of the molecule is CC(C)(C)CCS(=O)(=O)NC1CCCC1(C)C(=O)O. The largest absolute Gasteiger partial charge is 0.481 e. The third-order valence-corrected chi connectivity index (χ3v) is 5.27. The molecule has 19 heavy (non-hydrogen) atoms. The van der Waals surface area contributed by atoms with Crippen LogP contribution in [0.3, 0.4) is 0 Å². The lowest BCUT2D eigenvalue weighted by Crippen LogP contribution is -2.47. The second-order valence-electron chi connectivity index (χ2n) is 6.91. The van der Waals surface area contributed by atoms with Gasteiger partial charge in [0, 0.05) is 6.04 Å². The number of hydrogen-bond acceptors (Lipinski definition) is 3. The molecule has 1 aliphatic rings. The second kappa shape index (κ2) is 5.40. The fourth-order valence-electron chi connectivity index (χ4n) is 2.33. The molecule has 0 radical (unpaired) electrons. The first-order valence-corrected chi connectivity index (χ1v) is 8.35. The average molecular weight is 291 g/mol. The lowest BCUT2D eigenvalue weighted by molar-refractivity contribution is -0.148. The van der Waals surface area contributed by atoms with Crippen LogP contribution in [0.1, 0.15) is 53.4 Å². The molecule has 112 valence electrons. The van der Waals surface area contributed by atoms with Gasteiger partial charge in [0.25, 0.3) is 0 Å². The van der Waals surface area contributed by atoms with Gasteiger partial charge in [0.05, 0.1) is 11.2 Å². The van der Waals surface area contributed by atoms with Crippen LogP contribution in [0, 0.1) is 10.8 Å². The van der Waals surface area contributed by atoms with Crippen LogP contribution in [0.2, 0.25) is 0 Å². The first kappa shape index (κ1) is 16.4. The zero-order valence-corrected chi connectivity index (χ0v) is 13.0. The maximum absolute atomic E-state index is 12.0. The third-order valence-electron chi connectivity index (χ3n) is 3.89. The first-order valence-electron chi connectivity index (χ1n) is 6.70. The number of carboxylic acids is 1. The highest BCUT2D eigenvalue weighted by Crippen LogP contribution is 2.38. The number of sulfonamides is 1. The molecule has 0 aromatic carbocycles. The molecule has 0 spiro atoms. The van der Waals surface area contributed by atoms with Gasteiger partial charge >= 0.3 is 5.97 Å². The van der Waals surface area contributed by atoms with Crippen LogP contribution in [-0.2, 0) is 14.8 Å². The summed E-state index contributed by atoms with van der Waals surface area (Å²) >= 11 is 0. The molecule has 2 unspecified atom stereocenters. The molecule has 2 N–H and O–H groups in total. The Morgan fingerprint density at radius 2 is 2.00 bits per heavy atom. The van der Waals surface area contributed by atoms with Gasteiger partial charge in [-0.3, -0.25) is 4.79 Å². The van der Waals surface area contributed by atoms with Crippen molar-refractivity contribution < 1.29 is 18.3 Å². The molecule has 0 bridgehead atoms. The molecule has 1 fully saturated rings. The summed E-state index contributed by atoms with van der Waals surface area (Å²) in [5, 5.41) is 9.26. The predicted octanol–water partition coefficient (Wildman–Crippen LogP) is 1.99. The van der Waals surface area contributed by atoms with Crippen molar-refractivity contribution in [3.05, 3.63) is 0 Å². The van der Waals surface area contributed by atoms with Crippen molar-refractivity contribution in [2.45, 2.75) is 59.4 Å². The summed E-state index contributed by atoms with van der Waals surface area (Å²) in [6, 6.07) is -0.491. The molecule has 5 nitrogen and oxygen atoms in total. The lowest BCUT2D eigenvalue weighted by Gasteiger charge is -2.28. The number of carboxylic acid groups (broad SMARTS) is 1. The van der Waals surface area contributed by atoms with E-state index in [1.165, 1.54) is 0 Å². The van der Waals surface area contributed by atoms with Crippen LogP contribution in [-0.4, -0.2) is 31.3 Å². The summed E-state index contributed by atoms with van der Waals surface area (Å²) < 4.78 is 26.7. The normalized spacial score (nSPS) is 28.5. The smallest absolute Gasteiger partial charge is 0.310 e. The molecule has 6 heteroatoms. The zero-order valence-electron chi connectivity index (χ0n) is 12.2. The molecule has 0 amide bonds. The Hall–Kier alpha value is -0.620. The maximum atomic E-state index is 12.0. The topological polar surface area (TPSA) is 83.5 Å². The highest BCUT2D eigenvalue weighted by molar-refractivity contribution is 7.89. The Labute approximate surface area is 115 Å². The Kier molecular flexibility index (Phi) is 4.67. The lowest BCUT2D eigenvalue weighted by atomic mass is 9.85. The minimum Gasteiger partial charge on any atom is -0.481 e. The van der Waals surface area contributed by atoms with Crippen molar-refractivity contribution in [1.82, 2.24) is 4.72 Å². The van der Waals surface area contributed by atoms with Crippen LogP contribution in [0.5, 0.6) is 0 Å². The molecule has 0 aliphatic heterocycles. The fraction of sp³-hybridized carbons (Fsp3) is 0.923. The summed E-state index contributed by atoms with van der Waals surface area (Å²) in [5.41, 5.74) is -1.03. The van der Waals surface area contributed by atoms with E-state index >= 15 is 0 Å². The highest BCUT2D eigenvalue weighted by atomic mass is 32.2. The van der Waals surface area contributed by atoms with Crippen molar-refractivity contribution in [3.8, 4) is 0 Å². The molecular weight excluding hydrogens is 266 g/mol. The van der Waals surface area contributed by atoms with Gasteiger partial charge in [-0.25, -0.2) is 13.1 Å². The standard InChI is InChI=1S/C13H25NO4S/c1-12(2,3)8-9-19(17,18)14-10-6-5-7-13(10,4)11(15)16/h10,14H,5-9H2,1-4H3,(H,15,16). The van der Waals surface area contributed by atoms with Gasteiger partial charge in [-0.2, -0.15) is 0 Å². The molecule has 1 saturated carbocycles. The molecule has 1 aliphatic carbocycles. The number of rotatable bonds is 5. The minimum atomic E-state index is -3.42. The van der Waals surface area contributed by atoms with Gasteiger partial charge in [0.1, 0.15) is 0 Å². The Bertz CT molecular complexity index is 438. The van der Waals surface area contributed by atoms with Crippen molar-refractivity contribution in [3.63, 3.8) is 0 Å². The third kappa shape index (κ3) is 4.45. The summed E-state index contributed by atoms with van der Waals surface area (Å²) in [6.45, 7) is 7.58. The van der Waals surface area contributed by atoms with E-state index < -0.39 is 27.4 Å². The van der Waals surface area contributed by atoms with Crippen LogP contribution < -0.4 is 4.72 Å². The molecular formula is C13H25NO4S. The van der Waals surface area contributed by atoms with Crippen LogP contribution in [0.25, 0.3) is 0 Å². The molecule has 0 aromatic heterocycles. The van der Waals surface area contributed by atoms with Crippen molar-refractivity contribution in [2.24, 2.45) is 10.8 Å². The summed E-state index contributed by atoms with van der Waals surface area (Å²) in [5.74, 6) is -0.878. The second-order valence-corrected chi connectivity index (χ2v) is 8.79. The van der Waals surface area contributed by atoms with E-state index in [-0.39, 0.29) is 11.2 Å². The van der Waals surface area contributed by atoms with Gasteiger partial charge in [-0.05, 0) is 31.6 Å². The van der Waals surface area contributed by atoms with E-state index in [1.807, 2.05) is 20.8 Å². The molecule has 0 saturated heterocycles. The van der Waals surface area contributed by atoms with E-state index in [4.69, 9.17) is 0 Å². The van der Waals surface area contributed by atoms with Crippen molar-refractivity contribution in [2.75, 3.05) is 5.75 Å². The maximum Gasteiger partial charge on any atom is 0.310 e. The quantitative estimate of drug-likeness (QED) is 0.811. The van der Waals surface area contributed by atoms with Gasteiger partial charge in [-0.1, -0.05) is 27.2 Å². The number of nitrogens with one attached hydrogen (secondary N) is 1. The van der Waals surface area contributed by atoms with Crippen LogP contribution >= 0.6 is 0 Å². The van der Waals surface area contributed by atoms with Crippen LogP contribution in [0.4, 0.5) is 0 Å². The van der Waals surface area contributed by atoms with E-state index in [1.54, 1.807) is 6.92 Å².